The lowest BCUT2D eigenvalue weighted by molar-refractivity contribution is 0.292. The number of halogens is 1. The van der Waals surface area contributed by atoms with Gasteiger partial charge in [0.05, 0.1) is 0 Å². The van der Waals surface area contributed by atoms with E-state index in [-0.39, 0.29) is 0 Å². The van der Waals surface area contributed by atoms with Crippen molar-refractivity contribution in [3.63, 3.8) is 0 Å². The zero-order valence-corrected chi connectivity index (χ0v) is 14.4. The molecule has 2 nitrogen and oxygen atoms in total. The van der Waals surface area contributed by atoms with Crippen LogP contribution in [0.25, 0.3) is 0 Å². The Morgan fingerprint density at radius 1 is 1.38 bits per heavy atom. The third kappa shape index (κ3) is 5.28. The molecule has 1 saturated carbocycles. The van der Waals surface area contributed by atoms with Crippen molar-refractivity contribution in [2.45, 2.75) is 39.2 Å². The lowest BCUT2D eigenvalue weighted by Crippen LogP contribution is -2.29. The third-order valence-corrected chi connectivity index (χ3v) is 4.89. The molecular weight excluding hydrogens is 280 g/mol. The first-order valence-corrected chi connectivity index (χ1v) is 8.66. The molecule has 118 valence electrons. The van der Waals surface area contributed by atoms with Crippen LogP contribution in [0.1, 0.15) is 44.7 Å². The summed E-state index contributed by atoms with van der Waals surface area (Å²) < 4.78 is 0. The van der Waals surface area contributed by atoms with E-state index < -0.39 is 0 Å². The molecule has 1 aliphatic carbocycles. The van der Waals surface area contributed by atoms with Crippen LogP contribution in [0, 0.1) is 11.8 Å². The molecule has 1 aliphatic rings. The largest absolute Gasteiger partial charge is 0.310 e. The molecule has 0 aromatic heterocycles. The van der Waals surface area contributed by atoms with Gasteiger partial charge in [-0.1, -0.05) is 43.6 Å². The molecule has 3 heteroatoms. The van der Waals surface area contributed by atoms with Crippen LogP contribution in [0.4, 0.5) is 0 Å². The molecule has 21 heavy (non-hydrogen) atoms. The van der Waals surface area contributed by atoms with Gasteiger partial charge in [-0.2, -0.15) is 0 Å². The van der Waals surface area contributed by atoms with Crippen LogP contribution >= 0.6 is 11.6 Å². The number of nitrogens with one attached hydrogen (secondary N) is 1. The van der Waals surface area contributed by atoms with Gasteiger partial charge >= 0.3 is 0 Å². The van der Waals surface area contributed by atoms with Gasteiger partial charge in [0.25, 0.3) is 0 Å². The van der Waals surface area contributed by atoms with Crippen LogP contribution in [-0.2, 0) is 0 Å². The normalized spacial score (nSPS) is 22.5. The van der Waals surface area contributed by atoms with E-state index in [9.17, 15) is 0 Å². The van der Waals surface area contributed by atoms with E-state index in [0.717, 1.165) is 42.8 Å². The Labute approximate surface area is 134 Å². The van der Waals surface area contributed by atoms with Gasteiger partial charge in [-0.25, -0.2) is 0 Å². The lowest BCUT2D eigenvalue weighted by atomic mass is 10.0. The summed E-state index contributed by atoms with van der Waals surface area (Å²) >= 11 is 6.37. The molecule has 0 spiro atoms. The highest BCUT2D eigenvalue weighted by Crippen LogP contribution is 2.38. The smallest absolute Gasteiger partial charge is 0.0453 e. The monoisotopic (exact) mass is 308 g/mol. The van der Waals surface area contributed by atoms with Gasteiger partial charge in [0, 0.05) is 17.6 Å². The van der Waals surface area contributed by atoms with Gasteiger partial charge < -0.3 is 10.2 Å². The lowest BCUT2D eigenvalue weighted by Gasteiger charge is -2.24. The van der Waals surface area contributed by atoms with Crippen molar-refractivity contribution >= 4 is 11.6 Å². The summed E-state index contributed by atoms with van der Waals surface area (Å²) in [5.41, 5.74) is 1.24. The molecule has 0 amide bonds. The molecule has 0 bridgehead atoms. The molecule has 1 N–H and O–H groups in total. The SMILES string of the molecule is CCCNC(CCN(C)CC1CC1C)c1ccccc1Cl. The average Bonchev–Trinajstić information content (AvgIpc) is 3.15. The fourth-order valence-corrected chi connectivity index (χ4v) is 3.21. The van der Waals surface area contributed by atoms with Crippen LogP contribution in [-0.4, -0.2) is 31.6 Å². The summed E-state index contributed by atoms with van der Waals surface area (Å²) in [6.07, 6.45) is 3.67. The number of nitrogens with zero attached hydrogens (tertiary/aromatic N) is 1. The maximum Gasteiger partial charge on any atom is 0.0453 e. The van der Waals surface area contributed by atoms with E-state index >= 15 is 0 Å². The van der Waals surface area contributed by atoms with E-state index in [1.807, 2.05) is 12.1 Å². The first-order chi connectivity index (χ1) is 10.1. The predicted molar refractivity (Wildman–Crippen MR) is 91.9 cm³/mol. The van der Waals surface area contributed by atoms with Crippen LogP contribution in [0.15, 0.2) is 24.3 Å². The Bertz CT molecular complexity index is 435. The average molecular weight is 309 g/mol. The van der Waals surface area contributed by atoms with Crippen molar-refractivity contribution in [2.75, 3.05) is 26.7 Å². The van der Waals surface area contributed by atoms with Gasteiger partial charge in [0.1, 0.15) is 0 Å². The first kappa shape index (κ1) is 16.8. The minimum atomic E-state index is 0.359. The minimum absolute atomic E-state index is 0.359. The number of hydrogen-bond donors (Lipinski definition) is 1. The van der Waals surface area contributed by atoms with Crippen LogP contribution in [0.3, 0.4) is 0 Å². The molecule has 3 unspecified atom stereocenters. The molecular formula is C18H29ClN2. The number of hydrogen-bond acceptors (Lipinski definition) is 2. The van der Waals surface area contributed by atoms with Crippen molar-refractivity contribution in [2.24, 2.45) is 11.8 Å². The molecule has 0 radical (unpaired) electrons. The van der Waals surface area contributed by atoms with E-state index in [1.165, 1.54) is 18.5 Å². The van der Waals surface area contributed by atoms with Gasteiger partial charge in [0.2, 0.25) is 0 Å². The fraction of sp³-hybridized carbons (Fsp3) is 0.667. The number of rotatable bonds is 9. The van der Waals surface area contributed by atoms with Gasteiger partial charge in [-0.3, -0.25) is 0 Å². The summed E-state index contributed by atoms with van der Waals surface area (Å²) in [5.74, 6) is 1.86. The maximum absolute atomic E-state index is 6.37. The summed E-state index contributed by atoms with van der Waals surface area (Å²) in [5, 5.41) is 4.53. The van der Waals surface area contributed by atoms with Crippen molar-refractivity contribution in [3.05, 3.63) is 34.9 Å². The summed E-state index contributed by atoms with van der Waals surface area (Å²) in [4.78, 5) is 2.48. The summed E-state index contributed by atoms with van der Waals surface area (Å²) in [7, 11) is 2.24. The van der Waals surface area contributed by atoms with Crippen molar-refractivity contribution in [1.82, 2.24) is 10.2 Å². The zero-order valence-electron chi connectivity index (χ0n) is 13.6. The summed E-state index contributed by atoms with van der Waals surface area (Å²) in [6.45, 7) is 7.96. The van der Waals surface area contributed by atoms with E-state index in [1.54, 1.807) is 0 Å². The second kappa shape index (κ2) is 8.17. The quantitative estimate of drug-likeness (QED) is 0.729. The Hall–Kier alpha value is -0.570. The predicted octanol–water partition coefficient (Wildman–Crippen LogP) is 4.36. The highest BCUT2D eigenvalue weighted by Gasteiger charge is 2.33. The Balaban J connectivity index is 1.88. The van der Waals surface area contributed by atoms with Gasteiger partial charge in [0.15, 0.2) is 0 Å². The third-order valence-electron chi connectivity index (χ3n) is 4.54. The molecule has 0 heterocycles. The Kier molecular flexibility index (Phi) is 6.53. The minimum Gasteiger partial charge on any atom is -0.310 e. The zero-order chi connectivity index (χ0) is 15.2. The van der Waals surface area contributed by atoms with E-state index in [0.29, 0.717) is 6.04 Å². The second-order valence-electron chi connectivity index (χ2n) is 6.55. The van der Waals surface area contributed by atoms with Crippen LogP contribution in [0.2, 0.25) is 5.02 Å². The maximum atomic E-state index is 6.37. The van der Waals surface area contributed by atoms with Crippen LogP contribution in [0.5, 0.6) is 0 Å². The molecule has 2 rings (SSSR count). The standard InChI is InChI=1S/C18H29ClN2/c1-4-10-20-18(16-7-5-6-8-17(16)19)9-11-21(3)13-15-12-14(15)2/h5-8,14-15,18,20H,4,9-13H2,1-3H3. The molecule has 0 aliphatic heterocycles. The molecule has 1 aromatic rings. The molecule has 1 aromatic carbocycles. The van der Waals surface area contributed by atoms with Crippen molar-refractivity contribution in [3.8, 4) is 0 Å². The molecule has 3 atom stereocenters. The van der Waals surface area contributed by atoms with Crippen molar-refractivity contribution in [1.29, 1.82) is 0 Å². The molecule has 1 fully saturated rings. The Morgan fingerprint density at radius 2 is 2.10 bits per heavy atom. The Morgan fingerprint density at radius 3 is 2.71 bits per heavy atom. The fourth-order valence-electron chi connectivity index (χ4n) is 2.94. The summed E-state index contributed by atoms with van der Waals surface area (Å²) in [6, 6.07) is 8.59. The van der Waals surface area contributed by atoms with Gasteiger partial charge in [-0.15, -0.1) is 0 Å². The van der Waals surface area contributed by atoms with E-state index in [4.69, 9.17) is 11.6 Å². The highest BCUT2D eigenvalue weighted by atomic mass is 35.5. The number of benzene rings is 1. The van der Waals surface area contributed by atoms with Gasteiger partial charge in [-0.05, 0) is 62.9 Å². The second-order valence-corrected chi connectivity index (χ2v) is 6.96. The molecule has 0 saturated heterocycles. The van der Waals surface area contributed by atoms with E-state index in [2.05, 4.69) is 43.2 Å². The first-order valence-electron chi connectivity index (χ1n) is 8.28. The highest BCUT2D eigenvalue weighted by molar-refractivity contribution is 6.31. The topological polar surface area (TPSA) is 15.3 Å². The van der Waals surface area contributed by atoms with Crippen LogP contribution < -0.4 is 5.32 Å². The van der Waals surface area contributed by atoms with Crippen molar-refractivity contribution < 1.29 is 0 Å².